The standard InChI is InChI=1S/C21H22N4O2S/c1-28(26,27)14-12-15-8-10-16(11-9-15)23-20-17-5-4-7-18(17)24-21(25-20)19-6-2-3-13-22-19/h2-3,6,8-11,13H,4-5,7,12,14H2,1H3,(H,23,24,25). The predicted octanol–water partition coefficient (Wildman–Crippen LogP) is 3.36. The first-order valence-electron chi connectivity index (χ1n) is 9.33. The van der Waals surface area contributed by atoms with Crippen LogP contribution in [0.4, 0.5) is 11.5 Å². The predicted molar refractivity (Wildman–Crippen MR) is 110 cm³/mol. The van der Waals surface area contributed by atoms with E-state index in [-0.39, 0.29) is 5.75 Å². The van der Waals surface area contributed by atoms with E-state index in [1.165, 1.54) is 11.8 Å². The SMILES string of the molecule is CS(=O)(=O)CCc1ccc(Nc2nc(-c3ccccn3)nc3c2CCC3)cc1. The van der Waals surface area contributed by atoms with Crippen molar-refractivity contribution in [1.29, 1.82) is 0 Å². The van der Waals surface area contributed by atoms with Crippen molar-refractivity contribution < 1.29 is 8.42 Å². The van der Waals surface area contributed by atoms with Crippen molar-refractivity contribution in [2.45, 2.75) is 25.7 Å². The van der Waals surface area contributed by atoms with Crippen LogP contribution in [-0.2, 0) is 29.1 Å². The van der Waals surface area contributed by atoms with Gasteiger partial charge in [0.15, 0.2) is 5.82 Å². The third-order valence-corrected chi connectivity index (χ3v) is 5.75. The summed E-state index contributed by atoms with van der Waals surface area (Å²) in [5.41, 5.74) is 4.93. The van der Waals surface area contributed by atoms with Gasteiger partial charge in [-0.1, -0.05) is 18.2 Å². The van der Waals surface area contributed by atoms with Crippen LogP contribution in [0.15, 0.2) is 48.7 Å². The van der Waals surface area contributed by atoms with Gasteiger partial charge in [0, 0.05) is 29.4 Å². The zero-order valence-corrected chi connectivity index (χ0v) is 16.5. The Labute approximate surface area is 165 Å². The molecule has 3 aromatic rings. The van der Waals surface area contributed by atoms with Gasteiger partial charge in [0.2, 0.25) is 0 Å². The molecule has 0 bridgehead atoms. The lowest BCUT2D eigenvalue weighted by Gasteiger charge is -2.12. The number of benzene rings is 1. The maximum Gasteiger partial charge on any atom is 0.180 e. The molecule has 28 heavy (non-hydrogen) atoms. The Morgan fingerprint density at radius 1 is 1.04 bits per heavy atom. The van der Waals surface area contributed by atoms with Crippen LogP contribution in [0.1, 0.15) is 23.2 Å². The summed E-state index contributed by atoms with van der Waals surface area (Å²) in [6.07, 6.45) is 6.52. The minimum atomic E-state index is -2.96. The van der Waals surface area contributed by atoms with E-state index in [0.717, 1.165) is 47.7 Å². The molecule has 2 aromatic heterocycles. The normalized spacial score (nSPS) is 13.3. The Morgan fingerprint density at radius 3 is 2.57 bits per heavy atom. The molecular formula is C21H22N4O2S. The molecule has 0 saturated heterocycles. The number of hydrogen-bond donors (Lipinski definition) is 1. The van der Waals surface area contributed by atoms with E-state index < -0.39 is 9.84 Å². The van der Waals surface area contributed by atoms with E-state index in [9.17, 15) is 8.42 Å². The van der Waals surface area contributed by atoms with Crippen LogP contribution in [0, 0.1) is 0 Å². The highest BCUT2D eigenvalue weighted by molar-refractivity contribution is 7.90. The molecule has 1 N–H and O–H groups in total. The van der Waals surface area contributed by atoms with E-state index in [0.29, 0.717) is 12.2 Å². The minimum absolute atomic E-state index is 0.159. The second-order valence-corrected chi connectivity index (χ2v) is 9.35. The topological polar surface area (TPSA) is 84.8 Å². The molecule has 0 amide bonds. The molecule has 0 fully saturated rings. The first-order chi connectivity index (χ1) is 13.5. The van der Waals surface area contributed by atoms with Gasteiger partial charge < -0.3 is 5.32 Å². The minimum Gasteiger partial charge on any atom is -0.340 e. The summed E-state index contributed by atoms with van der Waals surface area (Å²) in [5, 5.41) is 3.42. The smallest absolute Gasteiger partial charge is 0.180 e. The van der Waals surface area contributed by atoms with Gasteiger partial charge in [0.25, 0.3) is 0 Å². The lowest BCUT2D eigenvalue weighted by molar-refractivity contribution is 0.601. The lowest BCUT2D eigenvalue weighted by Crippen LogP contribution is -2.06. The lowest BCUT2D eigenvalue weighted by atomic mass is 10.1. The number of nitrogens with zero attached hydrogens (tertiary/aromatic N) is 3. The van der Waals surface area contributed by atoms with Gasteiger partial charge in [-0.2, -0.15) is 0 Å². The van der Waals surface area contributed by atoms with Crippen LogP contribution in [0.5, 0.6) is 0 Å². The van der Waals surface area contributed by atoms with E-state index in [2.05, 4.69) is 10.3 Å². The Bertz CT molecular complexity index is 1080. The third-order valence-electron chi connectivity index (χ3n) is 4.81. The maximum absolute atomic E-state index is 11.3. The van der Waals surface area contributed by atoms with Gasteiger partial charge in [0.1, 0.15) is 21.3 Å². The summed E-state index contributed by atoms with van der Waals surface area (Å²) >= 11 is 0. The fraction of sp³-hybridized carbons (Fsp3) is 0.286. The molecule has 4 rings (SSSR count). The van der Waals surface area contributed by atoms with Crippen molar-refractivity contribution in [3.8, 4) is 11.5 Å². The zero-order valence-electron chi connectivity index (χ0n) is 15.7. The molecule has 6 nitrogen and oxygen atoms in total. The van der Waals surface area contributed by atoms with Gasteiger partial charge in [-0.3, -0.25) is 4.98 Å². The summed E-state index contributed by atoms with van der Waals surface area (Å²) in [6, 6.07) is 13.5. The number of aryl methyl sites for hydroxylation is 2. The van der Waals surface area contributed by atoms with E-state index >= 15 is 0 Å². The number of hydrogen-bond acceptors (Lipinski definition) is 6. The average molecular weight is 395 g/mol. The zero-order chi connectivity index (χ0) is 19.6. The van der Waals surface area contributed by atoms with Crippen molar-refractivity contribution in [3.63, 3.8) is 0 Å². The van der Waals surface area contributed by atoms with Crippen LogP contribution in [-0.4, -0.2) is 35.4 Å². The Balaban J connectivity index is 1.58. The third kappa shape index (κ3) is 4.36. The number of aromatic nitrogens is 3. The Kier molecular flexibility index (Phi) is 5.09. The van der Waals surface area contributed by atoms with Crippen LogP contribution in [0.2, 0.25) is 0 Å². The average Bonchev–Trinajstić information content (AvgIpc) is 3.16. The summed E-state index contributed by atoms with van der Waals surface area (Å²) in [5.74, 6) is 1.62. The fourth-order valence-electron chi connectivity index (χ4n) is 3.34. The van der Waals surface area contributed by atoms with Crippen LogP contribution < -0.4 is 5.32 Å². The molecule has 0 aliphatic heterocycles. The van der Waals surface area contributed by atoms with Crippen LogP contribution >= 0.6 is 0 Å². The monoisotopic (exact) mass is 394 g/mol. The summed E-state index contributed by atoms with van der Waals surface area (Å²) in [6.45, 7) is 0. The van der Waals surface area contributed by atoms with Gasteiger partial charge in [-0.15, -0.1) is 0 Å². The van der Waals surface area contributed by atoms with Gasteiger partial charge in [-0.25, -0.2) is 18.4 Å². The van der Waals surface area contributed by atoms with Crippen molar-refractivity contribution >= 4 is 21.3 Å². The molecule has 0 radical (unpaired) electrons. The molecule has 7 heteroatoms. The number of nitrogens with one attached hydrogen (secondary N) is 1. The van der Waals surface area contributed by atoms with Crippen molar-refractivity contribution in [1.82, 2.24) is 15.0 Å². The molecule has 2 heterocycles. The first-order valence-corrected chi connectivity index (χ1v) is 11.4. The first kappa shape index (κ1) is 18.6. The fourth-order valence-corrected chi connectivity index (χ4v) is 3.95. The quantitative estimate of drug-likeness (QED) is 0.690. The van der Waals surface area contributed by atoms with Gasteiger partial charge in [-0.05, 0) is 55.5 Å². The van der Waals surface area contributed by atoms with E-state index in [1.54, 1.807) is 6.20 Å². The van der Waals surface area contributed by atoms with E-state index in [1.807, 2.05) is 42.5 Å². The number of fused-ring (bicyclic) bond motifs is 1. The number of sulfone groups is 1. The van der Waals surface area contributed by atoms with E-state index in [4.69, 9.17) is 9.97 Å². The largest absolute Gasteiger partial charge is 0.340 e. The number of rotatable bonds is 6. The van der Waals surface area contributed by atoms with Gasteiger partial charge in [0.05, 0.1) is 5.75 Å². The molecule has 0 saturated carbocycles. The van der Waals surface area contributed by atoms with Crippen LogP contribution in [0.3, 0.4) is 0 Å². The number of anilines is 2. The second-order valence-electron chi connectivity index (χ2n) is 7.09. The molecule has 0 spiro atoms. The molecule has 0 unspecified atom stereocenters. The van der Waals surface area contributed by atoms with Crippen molar-refractivity contribution in [2.24, 2.45) is 0 Å². The molecular weight excluding hydrogens is 372 g/mol. The Morgan fingerprint density at radius 2 is 1.86 bits per heavy atom. The van der Waals surface area contributed by atoms with Crippen molar-refractivity contribution in [2.75, 3.05) is 17.3 Å². The Hall–Kier alpha value is -2.80. The molecule has 1 aliphatic carbocycles. The van der Waals surface area contributed by atoms with Gasteiger partial charge >= 0.3 is 0 Å². The van der Waals surface area contributed by atoms with Crippen LogP contribution in [0.25, 0.3) is 11.5 Å². The highest BCUT2D eigenvalue weighted by Gasteiger charge is 2.20. The molecule has 1 aliphatic rings. The number of pyridine rings is 1. The highest BCUT2D eigenvalue weighted by Crippen LogP contribution is 2.30. The summed E-state index contributed by atoms with van der Waals surface area (Å²) < 4.78 is 22.7. The molecule has 1 aromatic carbocycles. The molecule has 0 atom stereocenters. The summed E-state index contributed by atoms with van der Waals surface area (Å²) in [7, 11) is -2.96. The summed E-state index contributed by atoms with van der Waals surface area (Å²) in [4.78, 5) is 13.8. The van der Waals surface area contributed by atoms with Crippen molar-refractivity contribution in [3.05, 3.63) is 65.5 Å². The maximum atomic E-state index is 11.3. The highest BCUT2D eigenvalue weighted by atomic mass is 32.2. The second kappa shape index (κ2) is 7.67. The molecule has 144 valence electrons.